The lowest BCUT2D eigenvalue weighted by Gasteiger charge is -2.05. The molecule has 33 heavy (non-hydrogen) atoms. The molecule has 4 aromatic rings. The summed E-state index contributed by atoms with van der Waals surface area (Å²) in [4.78, 5) is 26.2. The highest BCUT2D eigenvalue weighted by Gasteiger charge is 2.14. The van der Waals surface area contributed by atoms with Gasteiger partial charge in [0.05, 0.1) is 6.42 Å². The topological polar surface area (TPSA) is 85.1 Å². The van der Waals surface area contributed by atoms with Crippen molar-refractivity contribution in [2.45, 2.75) is 30.4 Å². The minimum Gasteiger partial charge on any atom is -0.407 e. The van der Waals surface area contributed by atoms with Crippen molar-refractivity contribution in [1.82, 2.24) is 10.2 Å². The number of anilines is 1. The number of hydrogen-bond acceptors (Lipinski definition) is 6. The molecule has 7 heteroatoms. The SMILES string of the molecule is CC(C)Sc1ccc(Cc2nnc(NC(=O)c3ccc(C(=O)c4ccccc4)cc3)o2)cc1. The lowest BCUT2D eigenvalue weighted by molar-refractivity contribution is 0.101. The second-order valence-corrected chi connectivity index (χ2v) is 9.36. The third-order valence-corrected chi connectivity index (χ3v) is 5.80. The summed E-state index contributed by atoms with van der Waals surface area (Å²) < 4.78 is 5.58. The van der Waals surface area contributed by atoms with Crippen molar-refractivity contribution >= 4 is 29.5 Å². The zero-order valence-corrected chi connectivity index (χ0v) is 19.1. The van der Waals surface area contributed by atoms with Crippen LogP contribution >= 0.6 is 11.8 Å². The number of carbonyl (C=O) groups is 2. The van der Waals surface area contributed by atoms with Gasteiger partial charge in [-0.05, 0) is 29.8 Å². The molecule has 0 saturated heterocycles. The van der Waals surface area contributed by atoms with Crippen LogP contribution in [-0.2, 0) is 6.42 Å². The van der Waals surface area contributed by atoms with Gasteiger partial charge in [-0.3, -0.25) is 14.9 Å². The Morgan fingerprint density at radius 1 is 0.848 bits per heavy atom. The molecule has 0 saturated carbocycles. The number of aromatic nitrogens is 2. The van der Waals surface area contributed by atoms with Gasteiger partial charge in [-0.25, -0.2) is 0 Å². The maximum atomic E-state index is 12.5. The molecule has 3 aromatic carbocycles. The van der Waals surface area contributed by atoms with Crippen LogP contribution in [0.1, 0.15) is 51.6 Å². The van der Waals surface area contributed by atoms with Crippen molar-refractivity contribution in [3.63, 3.8) is 0 Å². The molecule has 0 unspecified atom stereocenters. The smallest absolute Gasteiger partial charge is 0.322 e. The van der Waals surface area contributed by atoms with Crippen molar-refractivity contribution in [2.24, 2.45) is 0 Å². The van der Waals surface area contributed by atoms with E-state index in [1.807, 2.05) is 30.3 Å². The van der Waals surface area contributed by atoms with E-state index in [0.29, 0.717) is 34.3 Å². The van der Waals surface area contributed by atoms with Gasteiger partial charge in [-0.15, -0.1) is 16.9 Å². The Morgan fingerprint density at radius 2 is 1.48 bits per heavy atom. The largest absolute Gasteiger partial charge is 0.407 e. The standard InChI is InChI=1S/C26H23N3O3S/c1-17(2)33-22-14-8-18(9-15-22)16-23-28-29-26(32-23)27-25(31)21-12-10-20(11-13-21)24(30)19-6-4-3-5-7-19/h3-15,17H,16H2,1-2H3,(H,27,29,31). The first-order valence-corrected chi connectivity index (χ1v) is 11.4. The van der Waals surface area contributed by atoms with Crippen LogP contribution in [0.25, 0.3) is 0 Å². The van der Waals surface area contributed by atoms with Crippen molar-refractivity contribution in [1.29, 1.82) is 0 Å². The molecule has 4 rings (SSSR count). The lowest BCUT2D eigenvalue weighted by Crippen LogP contribution is -2.12. The number of nitrogens with zero attached hydrogens (tertiary/aromatic N) is 2. The fourth-order valence-electron chi connectivity index (χ4n) is 3.21. The van der Waals surface area contributed by atoms with Gasteiger partial charge in [-0.2, -0.15) is 0 Å². The third kappa shape index (κ3) is 5.96. The van der Waals surface area contributed by atoms with E-state index in [4.69, 9.17) is 4.42 Å². The van der Waals surface area contributed by atoms with E-state index in [1.54, 1.807) is 48.2 Å². The van der Waals surface area contributed by atoms with E-state index < -0.39 is 0 Å². The molecule has 1 amide bonds. The van der Waals surface area contributed by atoms with Crippen LogP contribution in [0.2, 0.25) is 0 Å². The molecule has 0 fully saturated rings. The zero-order chi connectivity index (χ0) is 23.2. The maximum Gasteiger partial charge on any atom is 0.322 e. The minimum absolute atomic E-state index is 0.0337. The molecule has 1 aromatic heterocycles. The molecule has 0 atom stereocenters. The number of hydrogen-bond donors (Lipinski definition) is 1. The molecular formula is C26H23N3O3S. The van der Waals surface area contributed by atoms with Gasteiger partial charge in [0.1, 0.15) is 0 Å². The summed E-state index contributed by atoms with van der Waals surface area (Å²) in [6.07, 6.45) is 0.478. The number of thioether (sulfide) groups is 1. The third-order valence-electron chi connectivity index (χ3n) is 4.78. The van der Waals surface area contributed by atoms with Gasteiger partial charge in [0, 0.05) is 26.8 Å². The second kappa shape index (κ2) is 10.3. The normalized spacial score (nSPS) is 10.9. The van der Waals surface area contributed by atoms with Crippen molar-refractivity contribution < 1.29 is 14.0 Å². The molecule has 1 N–H and O–H groups in total. The van der Waals surface area contributed by atoms with Gasteiger partial charge in [0.25, 0.3) is 5.91 Å². The summed E-state index contributed by atoms with van der Waals surface area (Å²) in [7, 11) is 0. The van der Waals surface area contributed by atoms with Crippen LogP contribution in [-0.4, -0.2) is 27.1 Å². The number of benzene rings is 3. The Hall–Kier alpha value is -3.71. The first-order chi connectivity index (χ1) is 16.0. The molecular weight excluding hydrogens is 434 g/mol. The van der Waals surface area contributed by atoms with Crippen LogP contribution in [0.4, 0.5) is 6.01 Å². The van der Waals surface area contributed by atoms with E-state index in [1.165, 1.54) is 4.90 Å². The van der Waals surface area contributed by atoms with Gasteiger partial charge in [0.2, 0.25) is 5.89 Å². The second-order valence-electron chi connectivity index (χ2n) is 7.71. The van der Waals surface area contributed by atoms with Crippen LogP contribution in [0.15, 0.2) is 88.2 Å². The van der Waals surface area contributed by atoms with Crippen LogP contribution in [0.3, 0.4) is 0 Å². The first-order valence-electron chi connectivity index (χ1n) is 10.6. The maximum absolute atomic E-state index is 12.5. The molecule has 0 radical (unpaired) electrons. The Kier molecular flexibility index (Phi) is 7.00. The fraction of sp³-hybridized carbons (Fsp3) is 0.154. The molecule has 0 aliphatic rings. The highest BCUT2D eigenvalue weighted by Crippen LogP contribution is 2.23. The quantitative estimate of drug-likeness (QED) is 0.272. The van der Waals surface area contributed by atoms with E-state index in [0.717, 1.165) is 5.56 Å². The van der Waals surface area contributed by atoms with E-state index in [-0.39, 0.29) is 17.7 Å². The van der Waals surface area contributed by atoms with Crippen LogP contribution in [0, 0.1) is 0 Å². The number of nitrogens with one attached hydrogen (secondary N) is 1. The summed E-state index contributed by atoms with van der Waals surface area (Å²) in [5.74, 6) is -0.0720. The Bertz CT molecular complexity index is 1230. The molecule has 6 nitrogen and oxygen atoms in total. The minimum atomic E-state index is -0.390. The van der Waals surface area contributed by atoms with Gasteiger partial charge in [0.15, 0.2) is 5.78 Å². The Labute approximate surface area is 196 Å². The van der Waals surface area contributed by atoms with Gasteiger partial charge >= 0.3 is 6.01 Å². The summed E-state index contributed by atoms with van der Waals surface area (Å²) in [6.45, 7) is 4.32. The Morgan fingerprint density at radius 3 is 2.15 bits per heavy atom. The predicted octanol–water partition coefficient (Wildman–Crippen LogP) is 5.64. The number of ketones is 1. The molecule has 166 valence electrons. The predicted molar refractivity (Wildman–Crippen MR) is 129 cm³/mol. The lowest BCUT2D eigenvalue weighted by atomic mass is 10.0. The average molecular weight is 458 g/mol. The molecule has 0 spiro atoms. The highest BCUT2D eigenvalue weighted by atomic mass is 32.2. The monoisotopic (exact) mass is 457 g/mol. The zero-order valence-electron chi connectivity index (χ0n) is 18.3. The summed E-state index contributed by atoms with van der Waals surface area (Å²) in [5, 5.41) is 11.1. The van der Waals surface area contributed by atoms with Crippen LogP contribution in [0.5, 0.6) is 0 Å². The van der Waals surface area contributed by atoms with E-state index in [2.05, 4.69) is 41.5 Å². The number of amides is 1. The summed E-state index contributed by atoms with van der Waals surface area (Å²) in [6, 6.07) is 23.7. The van der Waals surface area contributed by atoms with Crippen LogP contribution < -0.4 is 5.32 Å². The molecule has 0 aliphatic carbocycles. The molecule has 0 bridgehead atoms. The average Bonchev–Trinajstić information content (AvgIpc) is 3.26. The summed E-state index contributed by atoms with van der Waals surface area (Å²) in [5.41, 5.74) is 2.54. The number of rotatable bonds is 8. The molecule has 0 aliphatic heterocycles. The van der Waals surface area contributed by atoms with Gasteiger partial charge in [-0.1, -0.05) is 73.5 Å². The van der Waals surface area contributed by atoms with E-state index in [9.17, 15) is 9.59 Å². The fourth-order valence-corrected chi connectivity index (χ4v) is 4.04. The molecule has 1 heterocycles. The summed E-state index contributed by atoms with van der Waals surface area (Å²) >= 11 is 1.81. The Balaban J connectivity index is 1.36. The van der Waals surface area contributed by atoms with Crippen molar-refractivity contribution in [3.05, 3.63) is 107 Å². The van der Waals surface area contributed by atoms with Crippen molar-refractivity contribution in [2.75, 3.05) is 5.32 Å². The first kappa shape index (κ1) is 22.5. The van der Waals surface area contributed by atoms with E-state index >= 15 is 0 Å². The van der Waals surface area contributed by atoms with Crippen molar-refractivity contribution in [3.8, 4) is 0 Å². The highest BCUT2D eigenvalue weighted by molar-refractivity contribution is 7.99. The van der Waals surface area contributed by atoms with Gasteiger partial charge < -0.3 is 4.42 Å². The number of carbonyl (C=O) groups excluding carboxylic acids is 2.